The first kappa shape index (κ1) is 16.7. The highest BCUT2D eigenvalue weighted by Gasteiger charge is 2.26. The second-order valence-electron chi connectivity index (χ2n) is 6.61. The lowest BCUT2D eigenvalue weighted by Crippen LogP contribution is -2.34. The van der Waals surface area contributed by atoms with Crippen LogP contribution in [0.1, 0.15) is 30.2 Å². The van der Waals surface area contributed by atoms with Gasteiger partial charge in [-0.3, -0.25) is 9.88 Å². The van der Waals surface area contributed by atoms with Crippen molar-refractivity contribution in [3.05, 3.63) is 60.2 Å². The molecule has 4 rings (SSSR count). The fourth-order valence-electron chi connectivity index (χ4n) is 3.44. The highest BCUT2D eigenvalue weighted by molar-refractivity contribution is 5.50. The Bertz CT molecular complexity index is 850. The van der Waals surface area contributed by atoms with Crippen LogP contribution in [0, 0.1) is 0 Å². The molecule has 0 spiro atoms. The topological polar surface area (TPSA) is 64.3 Å². The summed E-state index contributed by atoms with van der Waals surface area (Å²) in [5.74, 6) is 2.43. The molecule has 0 bridgehead atoms. The quantitative estimate of drug-likeness (QED) is 0.701. The first-order valence-corrected chi connectivity index (χ1v) is 8.91. The van der Waals surface area contributed by atoms with Crippen molar-refractivity contribution in [3.8, 4) is 17.2 Å². The molecule has 3 aromatic rings. The summed E-state index contributed by atoms with van der Waals surface area (Å²) < 4.78 is 11.3. The zero-order valence-corrected chi connectivity index (χ0v) is 14.8. The van der Waals surface area contributed by atoms with Crippen molar-refractivity contribution in [3.63, 3.8) is 0 Å². The number of likely N-dealkylation sites (tertiary alicyclic amines) is 1. The zero-order valence-electron chi connectivity index (χ0n) is 14.8. The van der Waals surface area contributed by atoms with Gasteiger partial charge in [0.25, 0.3) is 0 Å². The largest absolute Gasteiger partial charge is 0.497 e. The van der Waals surface area contributed by atoms with Gasteiger partial charge < -0.3 is 9.15 Å². The van der Waals surface area contributed by atoms with Gasteiger partial charge in [-0.05, 0) is 49.2 Å². The number of piperidine rings is 1. The fraction of sp³-hybridized carbons (Fsp3) is 0.350. The molecular formula is C20H22N4O2. The van der Waals surface area contributed by atoms with Gasteiger partial charge in [0, 0.05) is 25.5 Å². The maximum atomic E-state index is 5.94. The van der Waals surface area contributed by atoms with Gasteiger partial charge >= 0.3 is 0 Å². The summed E-state index contributed by atoms with van der Waals surface area (Å²) in [5, 5.41) is 8.50. The van der Waals surface area contributed by atoms with Crippen molar-refractivity contribution in [1.82, 2.24) is 20.1 Å². The van der Waals surface area contributed by atoms with E-state index in [0.29, 0.717) is 5.89 Å². The minimum Gasteiger partial charge on any atom is -0.497 e. The molecule has 0 N–H and O–H groups in total. The normalized spacial score (nSPS) is 18.0. The van der Waals surface area contributed by atoms with E-state index in [4.69, 9.17) is 9.15 Å². The van der Waals surface area contributed by atoms with Crippen LogP contribution in [0.2, 0.25) is 0 Å². The number of rotatable bonds is 5. The second kappa shape index (κ2) is 7.66. The first-order valence-electron chi connectivity index (χ1n) is 8.91. The van der Waals surface area contributed by atoms with Gasteiger partial charge in [-0.25, -0.2) is 0 Å². The van der Waals surface area contributed by atoms with Crippen LogP contribution in [0.25, 0.3) is 11.5 Å². The highest BCUT2D eigenvalue weighted by atomic mass is 16.5. The van der Waals surface area contributed by atoms with Gasteiger partial charge in [0.15, 0.2) is 0 Å². The second-order valence-corrected chi connectivity index (χ2v) is 6.61. The number of hydrogen-bond donors (Lipinski definition) is 0. The Morgan fingerprint density at radius 1 is 1.23 bits per heavy atom. The van der Waals surface area contributed by atoms with Gasteiger partial charge in [0.05, 0.1) is 18.6 Å². The van der Waals surface area contributed by atoms with Crippen molar-refractivity contribution in [1.29, 1.82) is 0 Å². The summed E-state index contributed by atoms with van der Waals surface area (Å²) in [6.45, 7) is 2.90. The van der Waals surface area contributed by atoms with Crippen LogP contribution in [0.4, 0.5) is 0 Å². The molecular weight excluding hydrogens is 328 g/mol. The average Bonchev–Trinajstić information content (AvgIpc) is 3.19. The van der Waals surface area contributed by atoms with Gasteiger partial charge in [-0.2, -0.15) is 0 Å². The molecule has 0 saturated carbocycles. The van der Waals surface area contributed by atoms with Crippen molar-refractivity contribution < 1.29 is 9.15 Å². The predicted molar refractivity (Wildman–Crippen MR) is 97.8 cm³/mol. The summed E-state index contributed by atoms with van der Waals surface area (Å²) in [6, 6.07) is 12.0. The van der Waals surface area contributed by atoms with E-state index in [1.165, 1.54) is 5.56 Å². The monoisotopic (exact) mass is 350 g/mol. The molecule has 1 aromatic carbocycles. The summed E-state index contributed by atoms with van der Waals surface area (Å²) in [7, 11) is 1.70. The van der Waals surface area contributed by atoms with Crippen molar-refractivity contribution in [2.75, 3.05) is 20.2 Å². The Kier molecular flexibility index (Phi) is 4.93. The number of ether oxygens (including phenoxy) is 1. The van der Waals surface area contributed by atoms with Crippen molar-refractivity contribution in [2.45, 2.75) is 25.3 Å². The van der Waals surface area contributed by atoms with Gasteiger partial charge in [-0.15, -0.1) is 10.2 Å². The van der Waals surface area contributed by atoms with Crippen LogP contribution in [0.3, 0.4) is 0 Å². The van der Waals surface area contributed by atoms with Gasteiger partial charge in [0.1, 0.15) is 5.75 Å². The molecule has 1 aliphatic heterocycles. The summed E-state index contributed by atoms with van der Waals surface area (Å²) in [5.41, 5.74) is 2.11. The third-order valence-corrected chi connectivity index (χ3v) is 4.74. The molecule has 0 unspecified atom stereocenters. The molecule has 0 amide bonds. The van der Waals surface area contributed by atoms with Crippen molar-refractivity contribution >= 4 is 0 Å². The van der Waals surface area contributed by atoms with E-state index in [0.717, 1.165) is 49.7 Å². The molecule has 26 heavy (non-hydrogen) atoms. The minimum atomic E-state index is 0.271. The summed E-state index contributed by atoms with van der Waals surface area (Å²) >= 11 is 0. The SMILES string of the molecule is COc1cccc(CN2CCC[C@@H](c3nnc(-c4cccnc4)o3)C2)c1. The third kappa shape index (κ3) is 3.75. The number of benzene rings is 1. The fourth-order valence-corrected chi connectivity index (χ4v) is 3.44. The van der Waals surface area contributed by atoms with Crippen LogP contribution >= 0.6 is 0 Å². The van der Waals surface area contributed by atoms with Crippen LogP contribution in [0.5, 0.6) is 5.75 Å². The Labute approximate surface area is 152 Å². The lowest BCUT2D eigenvalue weighted by atomic mass is 9.97. The number of pyridine rings is 1. The number of aromatic nitrogens is 3. The molecule has 1 fully saturated rings. The molecule has 0 aliphatic carbocycles. The predicted octanol–water partition coefficient (Wildman–Crippen LogP) is 3.52. The number of nitrogens with zero attached hydrogens (tertiary/aromatic N) is 4. The van der Waals surface area contributed by atoms with Gasteiger partial charge in [-0.1, -0.05) is 12.1 Å². The van der Waals surface area contributed by atoms with E-state index >= 15 is 0 Å². The summed E-state index contributed by atoms with van der Waals surface area (Å²) in [6.07, 6.45) is 5.67. The lowest BCUT2D eigenvalue weighted by molar-refractivity contribution is 0.186. The van der Waals surface area contributed by atoms with Gasteiger partial charge in [0.2, 0.25) is 11.8 Å². The van der Waals surface area contributed by atoms with E-state index in [1.54, 1.807) is 19.5 Å². The molecule has 2 aromatic heterocycles. The molecule has 134 valence electrons. The Morgan fingerprint density at radius 2 is 2.19 bits per heavy atom. The van der Waals surface area contributed by atoms with E-state index in [2.05, 4.69) is 32.2 Å². The van der Waals surface area contributed by atoms with Crippen LogP contribution in [-0.4, -0.2) is 40.3 Å². The maximum absolute atomic E-state index is 5.94. The van der Waals surface area contributed by atoms with E-state index in [-0.39, 0.29) is 5.92 Å². The lowest BCUT2D eigenvalue weighted by Gasteiger charge is -2.31. The Morgan fingerprint density at radius 3 is 3.04 bits per heavy atom. The number of hydrogen-bond acceptors (Lipinski definition) is 6. The Hall–Kier alpha value is -2.73. The maximum Gasteiger partial charge on any atom is 0.249 e. The molecule has 6 nitrogen and oxygen atoms in total. The molecule has 6 heteroatoms. The molecule has 1 saturated heterocycles. The van der Waals surface area contributed by atoms with Crippen LogP contribution in [0.15, 0.2) is 53.2 Å². The highest BCUT2D eigenvalue weighted by Crippen LogP contribution is 2.29. The third-order valence-electron chi connectivity index (χ3n) is 4.74. The van der Waals surface area contributed by atoms with Crippen LogP contribution in [-0.2, 0) is 6.54 Å². The average molecular weight is 350 g/mol. The van der Waals surface area contributed by atoms with Crippen molar-refractivity contribution in [2.24, 2.45) is 0 Å². The standard InChI is InChI=1S/C20H22N4O2/c1-25-18-8-2-5-15(11-18)13-24-10-4-7-17(14-24)20-23-22-19(26-20)16-6-3-9-21-12-16/h2-3,5-6,8-9,11-12,17H,4,7,10,13-14H2,1H3/t17-/m1/s1. The smallest absolute Gasteiger partial charge is 0.249 e. The van der Waals surface area contributed by atoms with E-state index < -0.39 is 0 Å². The van der Waals surface area contributed by atoms with E-state index in [1.807, 2.05) is 24.3 Å². The first-order chi connectivity index (χ1) is 12.8. The number of methoxy groups -OCH3 is 1. The van der Waals surface area contributed by atoms with E-state index in [9.17, 15) is 0 Å². The molecule has 1 atom stereocenters. The zero-order chi connectivity index (χ0) is 17.8. The van der Waals surface area contributed by atoms with Crippen LogP contribution < -0.4 is 4.74 Å². The molecule has 3 heterocycles. The molecule has 1 aliphatic rings. The minimum absolute atomic E-state index is 0.271. The Balaban J connectivity index is 1.44. The molecule has 0 radical (unpaired) electrons. The summed E-state index contributed by atoms with van der Waals surface area (Å²) in [4.78, 5) is 6.55.